The van der Waals surface area contributed by atoms with Gasteiger partial charge in [-0.15, -0.1) is 0 Å². The van der Waals surface area contributed by atoms with Crippen LogP contribution in [0.15, 0.2) is 0 Å². The molecule has 0 aliphatic carbocycles. The van der Waals surface area contributed by atoms with E-state index in [1.807, 2.05) is 13.8 Å². The molecule has 3 heteroatoms. The first-order chi connectivity index (χ1) is 6.04. The summed E-state index contributed by atoms with van der Waals surface area (Å²) in [6.07, 6.45) is -0.292. The Labute approximate surface area is 81.7 Å². The molecule has 3 nitrogen and oxygen atoms in total. The monoisotopic (exact) mass is 189 g/mol. The molecule has 0 aromatic carbocycles. The van der Waals surface area contributed by atoms with Crippen LogP contribution in [0, 0.1) is 0 Å². The minimum absolute atomic E-state index is 0.190. The summed E-state index contributed by atoms with van der Waals surface area (Å²) < 4.78 is 5.09. The van der Waals surface area contributed by atoms with Gasteiger partial charge in [0.05, 0.1) is 12.7 Å². The van der Waals surface area contributed by atoms with Crippen LogP contribution in [0.2, 0.25) is 0 Å². The lowest BCUT2D eigenvalue weighted by molar-refractivity contribution is 0.0233. The van der Waals surface area contributed by atoms with Gasteiger partial charge in [-0.1, -0.05) is 6.92 Å². The quantitative estimate of drug-likeness (QED) is 0.679. The second kappa shape index (κ2) is 6.35. The average molecular weight is 189 g/mol. The van der Waals surface area contributed by atoms with E-state index in [-0.39, 0.29) is 12.1 Å². The first kappa shape index (κ1) is 12.9. The molecular formula is C10H23NO2. The van der Waals surface area contributed by atoms with E-state index in [0.717, 1.165) is 6.54 Å². The maximum Gasteiger partial charge on any atom is 0.0664 e. The predicted molar refractivity (Wildman–Crippen MR) is 54.9 cm³/mol. The van der Waals surface area contributed by atoms with Gasteiger partial charge < -0.3 is 9.84 Å². The van der Waals surface area contributed by atoms with Gasteiger partial charge in [-0.05, 0) is 27.3 Å². The summed E-state index contributed by atoms with van der Waals surface area (Å²) in [7, 11) is 1.71. The van der Waals surface area contributed by atoms with Gasteiger partial charge in [0.1, 0.15) is 0 Å². The Morgan fingerprint density at radius 1 is 1.31 bits per heavy atom. The minimum Gasteiger partial charge on any atom is -0.392 e. The number of methoxy groups -OCH3 is 1. The van der Waals surface area contributed by atoms with Crippen LogP contribution in [0.3, 0.4) is 0 Å². The van der Waals surface area contributed by atoms with E-state index in [4.69, 9.17) is 4.74 Å². The van der Waals surface area contributed by atoms with Gasteiger partial charge in [0.25, 0.3) is 0 Å². The molecule has 0 fully saturated rings. The summed E-state index contributed by atoms with van der Waals surface area (Å²) in [5.74, 6) is 0. The second-order valence-corrected chi connectivity index (χ2v) is 3.62. The number of hydrogen-bond acceptors (Lipinski definition) is 3. The summed E-state index contributed by atoms with van der Waals surface area (Å²) >= 11 is 0. The van der Waals surface area contributed by atoms with Crippen molar-refractivity contribution in [1.82, 2.24) is 4.90 Å². The highest BCUT2D eigenvalue weighted by molar-refractivity contribution is 4.75. The highest BCUT2D eigenvalue weighted by atomic mass is 16.5. The molecule has 0 bridgehead atoms. The number of likely N-dealkylation sites (N-methyl/N-ethyl adjacent to an activating group) is 1. The summed E-state index contributed by atoms with van der Waals surface area (Å²) in [5, 5.41) is 9.46. The molecule has 0 aromatic rings. The Kier molecular flexibility index (Phi) is 6.29. The molecule has 0 aromatic heterocycles. The molecule has 0 aliphatic rings. The van der Waals surface area contributed by atoms with Crippen molar-refractivity contribution in [2.45, 2.75) is 45.9 Å². The topological polar surface area (TPSA) is 32.7 Å². The van der Waals surface area contributed by atoms with Gasteiger partial charge in [0, 0.05) is 19.2 Å². The fraction of sp³-hybridized carbons (Fsp3) is 1.00. The molecule has 0 rings (SSSR count). The lowest BCUT2D eigenvalue weighted by atomic mass is 10.1. The van der Waals surface area contributed by atoms with Crippen LogP contribution in [0.25, 0.3) is 0 Å². The van der Waals surface area contributed by atoms with E-state index in [0.29, 0.717) is 12.6 Å². The van der Waals surface area contributed by atoms with E-state index in [9.17, 15) is 5.11 Å². The largest absolute Gasteiger partial charge is 0.392 e. The van der Waals surface area contributed by atoms with Crippen LogP contribution in [0.5, 0.6) is 0 Å². The van der Waals surface area contributed by atoms with Crippen molar-refractivity contribution in [2.24, 2.45) is 0 Å². The zero-order chi connectivity index (χ0) is 10.4. The molecule has 0 spiro atoms. The van der Waals surface area contributed by atoms with Crippen LogP contribution in [-0.2, 0) is 4.74 Å². The number of rotatable bonds is 6. The minimum atomic E-state index is -0.292. The number of nitrogens with zero attached hydrogens (tertiary/aromatic N) is 1. The molecule has 0 heterocycles. The Morgan fingerprint density at radius 2 is 1.85 bits per heavy atom. The number of aliphatic hydroxyl groups excluding tert-OH is 1. The third-order valence-corrected chi connectivity index (χ3v) is 2.56. The number of aliphatic hydroxyl groups is 1. The SMILES string of the molecule is CCN(C(C)COC)C(C)C(C)O. The lowest BCUT2D eigenvalue weighted by Crippen LogP contribution is -2.47. The van der Waals surface area contributed by atoms with Crippen molar-refractivity contribution in [3.63, 3.8) is 0 Å². The van der Waals surface area contributed by atoms with Gasteiger partial charge in [-0.3, -0.25) is 4.90 Å². The first-order valence-electron chi connectivity index (χ1n) is 4.97. The number of ether oxygens (including phenoxy) is 1. The third-order valence-electron chi connectivity index (χ3n) is 2.56. The van der Waals surface area contributed by atoms with Crippen LogP contribution in [-0.4, -0.2) is 48.5 Å². The molecule has 13 heavy (non-hydrogen) atoms. The predicted octanol–water partition coefficient (Wildman–Crippen LogP) is 1.11. The van der Waals surface area contributed by atoms with Crippen LogP contribution < -0.4 is 0 Å². The van der Waals surface area contributed by atoms with Crippen molar-refractivity contribution in [2.75, 3.05) is 20.3 Å². The standard InChI is InChI=1S/C10H23NO2/c1-6-11(8(2)7-13-5)9(3)10(4)12/h8-10,12H,6-7H2,1-5H3. The normalized spacial score (nSPS) is 18.7. The summed E-state index contributed by atoms with van der Waals surface area (Å²) in [5.41, 5.74) is 0. The first-order valence-corrected chi connectivity index (χ1v) is 4.97. The fourth-order valence-electron chi connectivity index (χ4n) is 1.62. The molecule has 0 saturated heterocycles. The van der Waals surface area contributed by atoms with E-state index in [2.05, 4.69) is 18.7 Å². The molecule has 80 valence electrons. The van der Waals surface area contributed by atoms with Gasteiger partial charge in [-0.25, -0.2) is 0 Å². The Morgan fingerprint density at radius 3 is 2.15 bits per heavy atom. The molecule has 3 unspecified atom stereocenters. The van der Waals surface area contributed by atoms with Gasteiger partial charge in [-0.2, -0.15) is 0 Å². The number of hydrogen-bond donors (Lipinski definition) is 1. The van der Waals surface area contributed by atoms with E-state index in [1.165, 1.54) is 0 Å². The molecule has 1 N–H and O–H groups in total. The molecule has 0 amide bonds. The highest BCUT2D eigenvalue weighted by Crippen LogP contribution is 2.08. The summed E-state index contributed by atoms with van der Waals surface area (Å²) in [6, 6.07) is 0.551. The van der Waals surface area contributed by atoms with E-state index < -0.39 is 0 Å². The van der Waals surface area contributed by atoms with Crippen LogP contribution in [0.1, 0.15) is 27.7 Å². The molecule has 0 saturated carbocycles. The van der Waals surface area contributed by atoms with Gasteiger partial charge in [0.15, 0.2) is 0 Å². The Hall–Kier alpha value is -0.120. The molecular weight excluding hydrogens is 166 g/mol. The van der Waals surface area contributed by atoms with Crippen molar-refractivity contribution in [1.29, 1.82) is 0 Å². The van der Waals surface area contributed by atoms with Crippen LogP contribution >= 0.6 is 0 Å². The van der Waals surface area contributed by atoms with Crippen molar-refractivity contribution in [3.05, 3.63) is 0 Å². The van der Waals surface area contributed by atoms with E-state index >= 15 is 0 Å². The summed E-state index contributed by atoms with van der Waals surface area (Å²) in [4.78, 5) is 2.24. The van der Waals surface area contributed by atoms with Crippen molar-refractivity contribution >= 4 is 0 Å². The fourth-order valence-corrected chi connectivity index (χ4v) is 1.62. The Bertz CT molecular complexity index is 128. The third kappa shape index (κ3) is 4.07. The van der Waals surface area contributed by atoms with Crippen molar-refractivity contribution in [3.8, 4) is 0 Å². The maximum atomic E-state index is 9.46. The van der Waals surface area contributed by atoms with Crippen molar-refractivity contribution < 1.29 is 9.84 Å². The average Bonchev–Trinajstić information content (AvgIpc) is 2.05. The lowest BCUT2D eigenvalue weighted by Gasteiger charge is -2.34. The van der Waals surface area contributed by atoms with Crippen LogP contribution in [0.4, 0.5) is 0 Å². The van der Waals surface area contributed by atoms with Gasteiger partial charge >= 0.3 is 0 Å². The zero-order valence-electron chi connectivity index (χ0n) is 9.45. The molecule has 0 radical (unpaired) electrons. The second-order valence-electron chi connectivity index (χ2n) is 3.62. The zero-order valence-corrected chi connectivity index (χ0v) is 9.45. The smallest absolute Gasteiger partial charge is 0.0664 e. The Balaban J connectivity index is 4.14. The summed E-state index contributed by atoms with van der Waals surface area (Å²) in [6.45, 7) is 9.74. The molecule has 0 aliphatic heterocycles. The highest BCUT2D eigenvalue weighted by Gasteiger charge is 2.21. The van der Waals surface area contributed by atoms with E-state index in [1.54, 1.807) is 7.11 Å². The molecule has 3 atom stereocenters. The van der Waals surface area contributed by atoms with Gasteiger partial charge in [0.2, 0.25) is 0 Å². The maximum absolute atomic E-state index is 9.46.